The van der Waals surface area contributed by atoms with E-state index in [0.717, 1.165) is 10.3 Å². The van der Waals surface area contributed by atoms with Gasteiger partial charge in [0.15, 0.2) is 0 Å². The number of hydrogen-bond acceptors (Lipinski definition) is 7. The van der Waals surface area contributed by atoms with Gasteiger partial charge in [0.2, 0.25) is 0 Å². The van der Waals surface area contributed by atoms with Crippen molar-refractivity contribution < 1.29 is 10.0 Å². The van der Waals surface area contributed by atoms with Gasteiger partial charge in [-0.3, -0.25) is 0 Å². The number of benzene rings is 1. The van der Waals surface area contributed by atoms with Crippen molar-refractivity contribution in [2.75, 3.05) is 5.32 Å². The van der Waals surface area contributed by atoms with Crippen molar-refractivity contribution in [2.45, 2.75) is 6.54 Å². The first-order valence-corrected chi connectivity index (χ1v) is 7.38. The van der Waals surface area contributed by atoms with Crippen LogP contribution in [0.5, 0.6) is 0 Å². The minimum absolute atomic E-state index is 0.449. The van der Waals surface area contributed by atoms with Crippen LogP contribution in [0.15, 0.2) is 36.0 Å². The van der Waals surface area contributed by atoms with Crippen LogP contribution < -0.4 is 10.8 Å². The lowest BCUT2D eigenvalue weighted by molar-refractivity contribution is 0.426. The lowest BCUT2D eigenvalue weighted by Crippen LogP contribution is -2.29. The predicted octanol–water partition coefficient (Wildman–Crippen LogP) is 0.855. The fourth-order valence-corrected chi connectivity index (χ4v) is 2.96. The molecule has 0 saturated heterocycles. The molecule has 3 N–H and O–H groups in total. The van der Waals surface area contributed by atoms with Crippen molar-refractivity contribution in [3.8, 4) is 6.07 Å². The molecule has 0 fully saturated rings. The van der Waals surface area contributed by atoms with Gasteiger partial charge in [-0.1, -0.05) is 24.3 Å². The Morgan fingerprint density at radius 2 is 2.00 bits per heavy atom. The molecule has 0 aliphatic heterocycles. The second kappa shape index (κ2) is 6.11. The van der Waals surface area contributed by atoms with E-state index in [1.165, 1.54) is 17.7 Å². The monoisotopic (exact) mass is 310 g/mol. The summed E-state index contributed by atoms with van der Waals surface area (Å²) in [5, 5.41) is 32.1. The van der Waals surface area contributed by atoms with Gasteiger partial charge in [-0.2, -0.15) is 5.26 Å². The molecule has 108 valence electrons. The van der Waals surface area contributed by atoms with Gasteiger partial charge in [0.05, 0.1) is 10.3 Å². The summed E-state index contributed by atoms with van der Waals surface area (Å²) >= 11 is 1.43. The number of aromatic nitrogens is 2. The van der Waals surface area contributed by atoms with Crippen LogP contribution in [0.25, 0.3) is 10.2 Å². The molecule has 0 spiro atoms. The van der Waals surface area contributed by atoms with E-state index in [1.54, 1.807) is 17.5 Å². The molecular weight excluding hydrogens is 299 g/mol. The number of rotatable bonds is 4. The maximum Gasteiger partial charge on any atom is 0.488 e. The van der Waals surface area contributed by atoms with E-state index >= 15 is 0 Å². The summed E-state index contributed by atoms with van der Waals surface area (Å²) in [6.07, 6.45) is 1.43. The Morgan fingerprint density at radius 1 is 1.23 bits per heavy atom. The summed E-state index contributed by atoms with van der Waals surface area (Å²) in [5.74, 6) is 0.683. The van der Waals surface area contributed by atoms with Gasteiger partial charge in [0, 0.05) is 11.9 Å². The van der Waals surface area contributed by atoms with E-state index in [-0.39, 0.29) is 0 Å². The van der Waals surface area contributed by atoms with E-state index in [9.17, 15) is 0 Å². The van der Waals surface area contributed by atoms with Gasteiger partial charge in [-0.25, -0.2) is 9.97 Å². The smallest absolute Gasteiger partial charge is 0.423 e. The molecule has 0 aliphatic rings. The van der Waals surface area contributed by atoms with Crippen LogP contribution in [0.1, 0.15) is 11.1 Å². The van der Waals surface area contributed by atoms with Crippen LogP contribution in [-0.4, -0.2) is 27.1 Å². The van der Waals surface area contributed by atoms with E-state index in [4.69, 9.17) is 15.3 Å². The van der Waals surface area contributed by atoms with Crippen LogP contribution in [0, 0.1) is 11.3 Å². The predicted molar refractivity (Wildman–Crippen MR) is 85.7 cm³/mol. The Morgan fingerprint density at radius 3 is 2.68 bits per heavy atom. The summed E-state index contributed by atoms with van der Waals surface area (Å²) in [4.78, 5) is 8.35. The van der Waals surface area contributed by atoms with Crippen molar-refractivity contribution in [1.82, 2.24) is 9.97 Å². The van der Waals surface area contributed by atoms with Crippen molar-refractivity contribution >= 4 is 40.0 Å². The highest BCUT2D eigenvalue weighted by atomic mass is 32.1. The highest BCUT2D eigenvalue weighted by Crippen LogP contribution is 2.28. The lowest BCUT2D eigenvalue weighted by Gasteiger charge is -2.07. The second-order valence-electron chi connectivity index (χ2n) is 4.63. The number of nitrogens with zero attached hydrogens (tertiary/aromatic N) is 3. The molecule has 0 bridgehead atoms. The van der Waals surface area contributed by atoms with Gasteiger partial charge >= 0.3 is 7.12 Å². The largest absolute Gasteiger partial charge is 0.488 e. The molecule has 6 nitrogen and oxygen atoms in total. The molecule has 1 aromatic carbocycles. The van der Waals surface area contributed by atoms with Gasteiger partial charge in [-0.15, -0.1) is 11.3 Å². The van der Waals surface area contributed by atoms with Gasteiger partial charge < -0.3 is 15.4 Å². The van der Waals surface area contributed by atoms with Crippen molar-refractivity contribution in [1.29, 1.82) is 5.26 Å². The topological polar surface area (TPSA) is 102 Å². The van der Waals surface area contributed by atoms with E-state index in [1.807, 2.05) is 12.1 Å². The Balaban J connectivity index is 1.79. The van der Waals surface area contributed by atoms with E-state index < -0.39 is 7.12 Å². The number of nitriles is 1. The Labute approximate surface area is 130 Å². The van der Waals surface area contributed by atoms with Gasteiger partial charge in [-0.05, 0) is 11.0 Å². The number of anilines is 1. The highest BCUT2D eigenvalue weighted by Gasteiger charge is 2.11. The van der Waals surface area contributed by atoms with Crippen LogP contribution in [0.4, 0.5) is 5.82 Å². The van der Waals surface area contributed by atoms with Crippen LogP contribution in [0.3, 0.4) is 0 Å². The first-order chi connectivity index (χ1) is 10.7. The minimum atomic E-state index is -1.46. The molecule has 0 atom stereocenters. The van der Waals surface area contributed by atoms with Gasteiger partial charge in [0.25, 0.3) is 0 Å². The lowest BCUT2D eigenvalue weighted by atomic mass is 9.80. The van der Waals surface area contributed by atoms with Crippen LogP contribution in [0.2, 0.25) is 0 Å². The molecule has 8 heteroatoms. The summed E-state index contributed by atoms with van der Waals surface area (Å²) in [7, 11) is -1.46. The second-order valence-corrected chi connectivity index (χ2v) is 5.51. The molecule has 0 saturated carbocycles. The molecule has 0 aliphatic carbocycles. The summed E-state index contributed by atoms with van der Waals surface area (Å²) in [6.45, 7) is 0.535. The Kier molecular flexibility index (Phi) is 4.02. The number of nitrogens with one attached hydrogen (secondary N) is 1. The first kappa shape index (κ1) is 14.5. The van der Waals surface area contributed by atoms with Crippen molar-refractivity contribution in [3.05, 3.63) is 47.1 Å². The highest BCUT2D eigenvalue weighted by molar-refractivity contribution is 7.18. The SMILES string of the molecule is N#Cc1csc2c(NCc3ccc(B(O)O)cc3)ncnc12. The summed E-state index contributed by atoms with van der Waals surface area (Å²) < 4.78 is 0.849. The molecule has 3 aromatic rings. The number of thiophene rings is 1. The fraction of sp³-hybridized carbons (Fsp3) is 0.0714. The molecule has 0 amide bonds. The van der Waals surface area contributed by atoms with E-state index in [2.05, 4.69) is 21.4 Å². The molecule has 3 rings (SSSR count). The molecule has 0 unspecified atom stereocenters. The van der Waals surface area contributed by atoms with E-state index in [0.29, 0.717) is 28.9 Å². The Bertz CT molecular complexity index is 842. The van der Waals surface area contributed by atoms with Crippen LogP contribution >= 0.6 is 11.3 Å². The summed E-state index contributed by atoms with van der Waals surface area (Å²) in [5.41, 5.74) is 2.63. The molecule has 2 aromatic heterocycles. The third-order valence-electron chi connectivity index (χ3n) is 3.21. The average molecular weight is 310 g/mol. The standard InChI is InChI=1S/C14H11BN4O2S/c16-5-10-7-22-13-12(10)18-8-19-14(13)17-6-9-1-3-11(4-2-9)15(20)21/h1-4,7-8,20-21H,6H2,(H,17,18,19). The quantitative estimate of drug-likeness (QED) is 0.618. The Hall–Kier alpha value is -2.47. The zero-order valence-electron chi connectivity index (χ0n) is 11.4. The minimum Gasteiger partial charge on any atom is -0.423 e. The normalized spacial score (nSPS) is 10.4. The first-order valence-electron chi connectivity index (χ1n) is 6.50. The molecule has 2 heterocycles. The number of fused-ring (bicyclic) bond motifs is 1. The maximum absolute atomic E-state index is 9.06. The fourth-order valence-electron chi connectivity index (χ4n) is 2.05. The third kappa shape index (κ3) is 2.78. The zero-order chi connectivity index (χ0) is 15.5. The van der Waals surface area contributed by atoms with Gasteiger partial charge in [0.1, 0.15) is 23.7 Å². The third-order valence-corrected chi connectivity index (χ3v) is 4.19. The summed E-state index contributed by atoms with van der Waals surface area (Å²) in [6, 6.07) is 9.07. The van der Waals surface area contributed by atoms with Crippen LogP contribution in [-0.2, 0) is 6.54 Å². The maximum atomic E-state index is 9.06. The number of hydrogen-bond donors (Lipinski definition) is 3. The molecule has 22 heavy (non-hydrogen) atoms. The van der Waals surface area contributed by atoms with Crippen molar-refractivity contribution in [3.63, 3.8) is 0 Å². The molecular formula is C14H11BN4O2S. The molecule has 0 radical (unpaired) electrons. The van der Waals surface area contributed by atoms with Crippen molar-refractivity contribution in [2.24, 2.45) is 0 Å². The zero-order valence-corrected chi connectivity index (χ0v) is 12.2. The average Bonchev–Trinajstić information content (AvgIpc) is 2.97.